The van der Waals surface area contributed by atoms with Crippen LogP contribution in [-0.4, -0.2) is 38.4 Å². The normalized spacial score (nSPS) is 13.2. The maximum atomic E-state index is 13.8. The van der Waals surface area contributed by atoms with Gasteiger partial charge in [-0.05, 0) is 17.7 Å². The molecule has 2 heterocycles. The molecule has 184 valence electrons. The van der Waals surface area contributed by atoms with Crippen molar-refractivity contribution in [3.63, 3.8) is 0 Å². The second-order valence-electron chi connectivity index (χ2n) is 6.74. The molecule has 0 aliphatic heterocycles. The molecule has 0 amide bonds. The first-order valence-electron chi connectivity index (χ1n) is 8.96. The van der Waals surface area contributed by atoms with E-state index in [1.165, 1.54) is 6.92 Å². The first-order chi connectivity index (χ1) is 15.0. The van der Waals surface area contributed by atoms with Crippen LogP contribution in [0.4, 0.5) is 36.6 Å². The number of carbonyl (C=O) groups excluding carboxylic acids is 1. The lowest BCUT2D eigenvalue weighted by Gasteiger charge is -2.17. The number of hydrogen-bond acceptors (Lipinski definition) is 7. The number of nitrogens with zero attached hydrogens (tertiary/aromatic N) is 1. The smallest absolute Gasteiger partial charge is 0.458 e. The third-order valence-corrected chi connectivity index (χ3v) is 7.33. The number of halogens is 7. The summed E-state index contributed by atoms with van der Waals surface area (Å²) in [4.78, 5) is 12.9. The van der Waals surface area contributed by atoms with E-state index in [4.69, 9.17) is 0 Å². The summed E-state index contributed by atoms with van der Waals surface area (Å²) >= 11 is -0.141. The number of carbonyl (C=O) groups is 1. The second-order valence-corrected chi connectivity index (χ2v) is 10.0. The number of nitrogens with one attached hydrogen (secondary N) is 1. The fraction of sp³-hybridized carbons (Fsp3) is 0.444. The number of hydrogen-bond donors (Lipinski definition) is 1. The maximum absolute atomic E-state index is 13.8. The molecule has 2 aromatic rings. The third-order valence-electron chi connectivity index (χ3n) is 4.37. The lowest BCUT2D eigenvalue weighted by atomic mass is 10.1. The molecule has 2 rings (SSSR count). The fourth-order valence-electron chi connectivity index (χ4n) is 2.51. The van der Waals surface area contributed by atoms with Gasteiger partial charge in [0.1, 0.15) is 15.6 Å². The van der Waals surface area contributed by atoms with Crippen molar-refractivity contribution < 1.29 is 48.7 Å². The molecule has 0 atom stereocenters. The summed E-state index contributed by atoms with van der Waals surface area (Å²) in [5.74, 6) is -10.8. The van der Waals surface area contributed by atoms with Gasteiger partial charge in [-0.25, -0.2) is 27.0 Å². The van der Waals surface area contributed by atoms with Crippen LogP contribution in [0.2, 0.25) is 0 Å². The highest BCUT2D eigenvalue weighted by Crippen LogP contribution is 2.47. The van der Waals surface area contributed by atoms with Crippen molar-refractivity contribution in [2.24, 2.45) is 0 Å². The number of sulfone groups is 1. The zero-order chi connectivity index (χ0) is 25.4. The van der Waals surface area contributed by atoms with E-state index in [1.54, 1.807) is 0 Å². The number of thiophene rings is 1. The SMILES string of the molecule is CCS(=O)(=O)c1cc(C(C)(F)F)cnc1NCc1cc(C(F)(F)C(F)(F)F)sc1C(=O)OC. The number of anilines is 1. The van der Waals surface area contributed by atoms with Gasteiger partial charge in [-0.1, -0.05) is 6.92 Å². The highest BCUT2D eigenvalue weighted by molar-refractivity contribution is 7.91. The maximum Gasteiger partial charge on any atom is 0.458 e. The van der Waals surface area contributed by atoms with Crippen LogP contribution in [0.5, 0.6) is 0 Å². The van der Waals surface area contributed by atoms with Crippen LogP contribution in [0.15, 0.2) is 23.2 Å². The van der Waals surface area contributed by atoms with Gasteiger partial charge in [0.05, 0.1) is 17.7 Å². The molecule has 0 saturated carbocycles. The zero-order valence-corrected chi connectivity index (χ0v) is 18.8. The molecule has 0 unspecified atom stereocenters. The quantitative estimate of drug-likeness (QED) is 0.384. The Kier molecular flexibility index (Phi) is 7.38. The van der Waals surface area contributed by atoms with Gasteiger partial charge in [0.15, 0.2) is 9.84 Å². The van der Waals surface area contributed by atoms with E-state index in [9.17, 15) is 43.9 Å². The van der Waals surface area contributed by atoms with Crippen molar-refractivity contribution in [2.75, 3.05) is 18.2 Å². The lowest BCUT2D eigenvalue weighted by Crippen LogP contribution is -2.32. The summed E-state index contributed by atoms with van der Waals surface area (Å²) in [6.07, 6.45) is -5.24. The number of ether oxygens (including phenoxy) is 1. The van der Waals surface area contributed by atoms with E-state index in [-0.39, 0.29) is 16.9 Å². The van der Waals surface area contributed by atoms with Gasteiger partial charge in [0.25, 0.3) is 5.92 Å². The summed E-state index contributed by atoms with van der Waals surface area (Å²) < 4.78 is 122. The Labute approximate surface area is 187 Å². The summed E-state index contributed by atoms with van der Waals surface area (Å²) in [6.45, 7) is 1.14. The predicted octanol–water partition coefficient (Wildman–Crippen LogP) is 5.10. The summed E-state index contributed by atoms with van der Waals surface area (Å²) in [7, 11) is -3.21. The molecule has 0 spiro atoms. The predicted molar refractivity (Wildman–Crippen MR) is 104 cm³/mol. The number of aromatic nitrogens is 1. The van der Waals surface area contributed by atoms with Gasteiger partial charge < -0.3 is 10.1 Å². The van der Waals surface area contributed by atoms with Gasteiger partial charge in [-0.2, -0.15) is 22.0 Å². The van der Waals surface area contributed by atoms with E-state index in [0.29, 0.717) is 25.3 Å². The number of methoxy groups -OCH3 is 1. The Balaban J connectivity index is 2.52. The van der Waals surface area contributed by atoms with E-state index in [2.05, 4.69) is 15.0 Å². The van der Waals surface area contributed by atoms with Gasteiger partial charge in [-0.15, -0.1) is 11.3 Å². The number of rotatable bonds is 8. The van der Waals surface area contributed by atoms with Gasteiger partial charge in [-0.3, -0.25) is 0 Å². The number of esters is 1. The monoisotopic (exact) mass is 522 g/mol. The molecule has 0 radical (unpaired) electrons. The Morgan fingerprint density at radius 1 is 1.15 bits per heavy atom. The minimum atomic E-state index is -5.93. The molecule has 0 saturated heterocycles. The average molecular weight is 522 g/mol. The topological polar surface area (TPSA) is 85.4 Å². The molecule has 1 N–H and O–H groups in total. The van der Waals surface area contributed by atoms with Crippen molar-refractivity contribution >= 4 is 33.0 Å². The summed E-state index contributed by atoms with van der Waals surface area (Å²) in [5.41, 5.74) is -1.07. The molecule has 33 heavy (non-hydrogen) atoms. The molecule has 15 heteroatoms. The number of alkyl halides is 7. The highest BCUT2D eigenvalue weighted by Gasteiger charge is 2.60. The van der Waals surface area contributed by atoms with E-state index < -0.39 is 72.2 Å². The van der Waals surface area contributed by atoms with Crippen molar-refractivity contribution in [3.05, 3.63) is 39.2 Å². The zero-order valence-electron chi connectivity index (χ0n) is 17.2. The van der Waals surface area contributed by atoms with E-state index in [0.717, 1.165) is 7.11 Å². The van der Waals surface area contributed by atoms with Crippen LogP contribution in [0, 0.1) is 0 Å². The van der Waals surface area contributed by atoms with Crippen LogP contribution in [0.1, 0.15) is 39.5 Å². The average Bonchev–Trinajstić information content (AvgIpc) is 3.15. The van der Waals surface area contributed by atoms with Gasteiger partial charge in [0.2, 0.25) is 0 Å². The van der Waals surface area contributed by atoms with E-state index >= 15 is 0 Å². The Hall–Kier alpha value is -2.42. The third kappa shape index (κ3) is 5.57. The second kappa shape index (κ2) is 9.08. The molecule has 0 aromatic carbocycles. The first-order valence-corrected chi connectivity index (χ1v) is 11.4. The van der Waals surface area contributed by atoms with Gasteiger partial charge in [0, 0.05) is 25.2 Å². The van der Waals surface area contributed by atoms with Crippen LogP contribution in [0.3, 0.4) is 0 Å². The van der Waals surface area contributed by atoms with Gasteiger partial charge >= 0.3 is 18.1 Å². The largest absolute Gasteiger partial charge is 0.465 e. The van der Waals surface area contributed by atoms with Crippen molar-refractivity contribution in [3.8, 4) is 0 Å². The lowest BCUT2D eigenvalue weighted by molar-refractivity contribution is -0.287. The highest BCUT2D eigenvalue weighted by atomic mass is 32.2. The van der Waals surface area contributed by atoms with Crippen molar-refractivity contribution in [1.82, 2.24) is 4.98 Å². The Morgan fingerprint density at radius 2 is 1.76 bits per heavy atom. The molecule has 0 aliphatic rings. The Bertz CT molecular complexity index is 1140. The number of pyridine rings is 1. The first kappa shape index (κ1) is 26.8. The van der Waals surface area contributed by atoms with Crippen molar-refractivity contribution in [1.29, 1.82) is 0 Å². The van der Waals surface area contributed by atoms with Crippen LogP contribution >= 0.6 is 11.3 Å². The fourth-order valence-corrected chi connectivity index (χ4v) is 4.64. The minimum absolute atomic E-state index is 0.141. The van der Waals surface area contributed by atoms with Crippen LogP contribution in [0.25, 0.3) is 0 Å². The molecular formula is C18H17F7N2O4S2. The summed E-state index contributed by atoms with van der Waals surface area (Å²) in [5, 5.41) is 2.41. The molecule has 6 nitrogen and oxygen atoms in total. The van der Waals surface area contributed by atoms with E-state index in [1.807, 2.05) is 0 Å². The molecule has 0 bridgehead atoms. The van der Waals surface area contributed by atoms with Crippen LogP contribution < -0.4 is 5.32 Å². The summed E-state index contributed by atoms with van der Waals surface area (Å²) in [6, 6.07) is 1.12. The molecule has 2 aromatic heterocycles. The Morgan fingerprint density at radius 3 is 2.24 bits per heavy atom. The van der Waals surface area contributed by atoms with Crippen LogP contribution in [-0.2, 0) is 33.0 Å². The molecular weight excluding hydrogens is 505 g/mol. The minimum Gasteiger partial charge on any atom is -0.465 e. The van der Waals surface area contributed by atoms with Crippen molar-refractivity contribution in [2.45, 2.75) is 43.3 Å². The standard InChI is InChI=1S/C18H17F7N2O4S2/c1-4-33(29,30)11-6-10(16(2,19)20)8-27-14(11)26-7-9-5-12(17(21,22)18(23,24)25)32-13(9)15(28)31-3/h5-6,8H,4,7H2,1-3H3,(H,26,27). The molecule has 0 fully saturated rings. The molecule has 0 aliphatic carbocycles.